The summed E-state index contributed by atoms with van der Waals surface area (Å²) in [6.45, 7) is 0. The summed E-state index contributed by atoms with van der Waals surface area (Å²) in [5.74, 6) is -1.04. The second-order valence-electron chi connectivity index (χ2n) is 4.02. The minimum Gasteiger partial charge on any atom is -0.397 e. The highest BCUT2D eigenvalue weighted by molar-refractivity contribution is 6.34. The normalized spacial score (nSPS) is 10.3. The van der Waals surface area contributed by atoms with Crippen LogP contribution in [0.3, 0.4) is 0 Å². The van der Waals surface area contributed by atoms with Crippen molar-refractivity contribution in [2.45, 2.75) is 0 Å². The van der Waals surface area contributed by atoms with Crippen molar-refractivity contribution < 1.29 is 9.18 Å². The SMILES string of the molecule is CN(C(=O)c1cccc(F)c1Cl)c1ccccc1N. The lowest BCUT2D eigenvalue weighted by molar-refractivity contribution is 0.0993. The number of nitrogen functional groups attached to an aromatic ring is 1. The number of halogens is 2. The highest BCUT2D eigenvalue weighted by Gasteiger charge is 2.19. The van der Waals surface area contributed by atoms with E-state index < -0.39 is 11.7 Å². The van der Waals surface area contributed by atoms with Crippen LogP contribution in [0, 0.1) is 5.82 Å². The number of carbonyl (C=O) groups is 1. The van der Waals surface area contributed by atoms with E-state index in [2.05, 4.69) is 0 Å². The molecule has 0 aliphatic carbocycles. The Morgan fingerprint density at radius 3 is 2.58 bits per heavy atom. The Labute approximate surface area is 115 Å². The van der Waals surface area contributed by atoms with Gasteiger partial charge in [0.05, 0.1) is 22.0 Å². The van der Waals surface area contributed by atoms with E-state index in [0.717, 1.165) is 0 Å². The molecule has 2 N–H and O–H groups in total. The second-order valence-corrected chi connectivity index (χ2v) is 4.40. The number of hydrogen-bond acceptors (Lipinski definition) is 2. The van der Waals surface area contributed by atoms with E-state index in [1.165, 1.54) is 23.1 Å². The van der Waals surface area contributed by atoms with Crippen molar-refractivity contribution >= 4 is 28.9 Å². The standard InChI is InChI=1S/C14H12ClFN2O/c1-18(12-8-3-2-7-11(12)17)14(19)9-5-4-6-10(16)13(9)15/h2-8H,17H2,1H3. The lowest BCUT2D eigenvalue weighted by Crippen LogP contribution is -2.27. The maximum atomic E-state index is 13.4. The van der Waals surface area contributed by atoms with Crippen LogP contribution < -0.4 is 10.6 Å². The minimum atomic E-state index is -0.623. The molecule has 19 heavy (non-hydrogen) atoms. The molecule has 98 valence electrons. The van der Waals surface area contributed by atoms with Crippen LogP contribution in [0.4, 0.5) is 15.8 Å². The first-order chi connectivity index (χ1) is 9.02. The number of nitrogens with zero attached hydrogens (tertiary/aromatic N) is 1. The topological polar surface area (TPSA) is 46.3 Å². The maximum Gasteiger partial charge on any atom is 0.259 e. The molecule has 0 atom stereocenters. The number of benzene rings is 2. The Balaban J connectivity index is 2.40. The van der Waals surface area contributed by atoms with Gasteiger partial charge in [-0.3, -0.25) is 4.79 Å². The fourth-order valence-electron chi connectivity index (χ4n) is 1.75. The first kappa shape index (κ1) is 13.4. The average molecular weight is 279 g/mol. The Morgan fingerprint density at radius 2 is 1.89 bits per heavy atom. The van der Waals surface area contributed by atoms with Crippen molar-refractivity contribution in [2.24, 2.45) is 0 Å². The van der Waals surface area contributed by atoms with E-state index in [-0.39, 0.29) is 10.6 Å². The Hall–Kier alpha value is -2.07. The van der Waals surface area contributed by atoms with Crippen molar-refractivity contribution in [1.82, 2.24) is 0 Å². The van der Waals surface area contributed by atoms with E-state index in [4.69, 9.17) is 17.3 Å². The summed E-state index contributed by atoms with van der Waals surface area (Å²) in [7, 11) is 1.56. The van der Waals surface area contributed by atoms with E-state index in [9.17, 15) is 9.18 Å². The number of carbonyl (C=O) groups excluding carboxylic acids is 1. The van der Waals surface area contributed by atoms with Gasteiger partial charge in [-0.25, -0.2) is 4.39 Å². The Kier molecular flexibility index (Phi) is 3.71. The number of hydrogen-bond donors (Lipinski definition) is 1. The maximum absolute atomic E-state index is 13.4. The van der Waals surface area contributed by atoms with Crippen molar-refractivity contribution in [3.63, 3.8) is 0 Å². The number of para-hydroxylation sites is 2. The zero-order valence-electron chi connectivity index (χ0n) is 10.2. The molecule has 0 fully saturated rings. The summed E-state index contributed by atoms with van der Waals surface area (Å²) in [5, 5.41) is -0.186. The van der Waals surface area contributed by atoms with E-state index in [0.29, 0.717) is 11.4 Å². The first-order valence-corrected chi connectivity index (χ1v) is 5.96. The molecule has 0 unspecified atom stereocenters. The van der Waals surface area contributed by atoms with Gasteiger partial charge in [-0.05, 0) is 24.3 Å². The van der Waals surface area contributed by atoms with Crippen LogP contribution in [0.15, 0.2) is 42.5 Å². The fraction of sp³-hybridized carbons (Fsp3) is 0.0714. The fourth-order valence-corrected chi connectivity index (χ4v) is 1.96. The molecule has 0 heterocycles. The molecular weight excluding hydrogens is 267 g/mol. The predicted molar refractivity (Wildman–Crippen MR) is 75.0 cm³/mol. The molecular formula is C14H12ClFN2O. The van der Waals surface area contributed by atoms with Crippen LogP contribution in [0.25, 0.3) is 0 Å². The summed E-state index contributed by atoms with van der Waals surface area (Å²) < 4.78 is 13.4. The van der Waals surface area contributed by atoms with Gasteiger partial charge in [-0.15, -0.1) is 0 Å². The number of anilines is 2. The molecule has 0 aromatic heterocycles. The van der Waals surface area contributed by atoms with E-state index in [1.807, 2.05) is 0 Å². The molecule has 5 heteroatoms. The van der Waals surface area contributed by atoms with Crippen LogP contribution in [-0.2, 0) is 0 Å². The third-order valence-electron chi connectivity index (χ3n) is 2.78. The third-order valence-corrected chi connectivity index (χ3v) is 3.17. The van der Waals surface area contributed by atoms with Gasteiger partial charge in [0.25, 0.3) is 5.91 Å². The number of rotatable bonds is 2. The van der Waals surface area contributed by atoms with Crippen LogP contribution in [0.2, 0.25) is 5.02 Å². The molecule has 3 nitrogen and oxygen atoms in total. The van der Waals surface area contributed by atoms with Gasteiger partial charge in [0, 0.05) is 7.05 Å². The predicted octanol–water partition coefficient (Wildman–Crippen LogP) is 3.34. The van der Waals surface area contributed by atoms with Gasteiger partial charge in [0.1, 0.15) is 5.82 Å². The molecule has 0 aliphatic heterocycles. The largest absolute Gasteiger partial charge is 0.397 e. The third kappa shape index (κ3) is 2.53. The molecule has 0 spiro atoms. The van der Waals surface area contributed by atoms with Gasteiger partial charge in [0.15, 0.2) is 0 Å². The second kappa shape index (κ2) is 5.28. The van der Waals surface area contributed by atoms with Gasteiger partial charge in [-0.1, -0.05) is 29.8 Å². The number of amides is 1. The van der Waals surface area contributed by atoms with Crippen molar-refractivity contribution in [3.8, 4) is 0 Å². The van der Waals surface area contributed by atoms with E-state index in [1.54, 1.807) is 31.3 Å². The summed E-state index contributed by atoms with van der Waals surface area (Å²) in [6, 6.07) is 11.1. The molecule has 0 aliphatic rings. The van der Waals surface area contributed by atoms with Gasteiger partial charge in [0.2, 0.25) is 0 Å². The van der Waals surface area contributed by atoms with Crippen LogP contribution in [0.5, 0.6) is 0 Å². The summed E-state index contributed by atoms with van der Waals surface area (Å²) >= 11 is 5.81. The van der Waals surface area contributed by atoms with Crippen molar-refractivity contribution in [2.75, 3.05) is 17.7 Å². The van der Waals surface area contributed by atoms with Crippen LogP contribution in [-0.4, -0.2) is 13.0 Å². The highest BCUT2D eigenvalue weighted by atomic mass is 35.5. The highest BCUT2D eigenvalue weighted by Crippen LogP contribution is 2.26. The smallest absolute Gasteiger partial charge is 0.259 e. The first-order valence-electron chi connectivity index (χ1n) is 5.59. The monoisotopic (exact) mass is 278 g/mol. The van der Waals surface area contributed by atoms with Crippen LogP contribution >= 0.6 is 11.6 Å². The zero-order valence-corrected chi connectivity index (χ0v) is 11.0. The zero-order chi connectivity index (χ0) is 14.0. The summed E-state index contributed by atoms with van der Waals surface area (Å²) in [4.78, 5) is 13.6. The van der Waals surface area contributed by atoms with Crippen molar-refractivity contribution in [3.05, 3.63) is 58.9 Å². The molecule has 0 bridgehead atoms. The molecule has 0 saturated heterocycles. The molecule has 2 rings (SSSR count). The average Bonchev–Trinajstić information content (AvgIpc) is 2.41. The Morgan fingerprint density at radius 1 is 1.21 bits per heavy atom. The molecule has 2 aromatic rings. The van der Waals surface area contributed by atoms with Gasteiger partial charge < -0.3 is 10.6 Å². The molecule has 2 aromatic carbocycles. The summed E-state index contributed by atoms with van der Waals surface area (Å²) in [6.07, 6.45) is 0. The van der Waals surface area contributed by atoms with Crippen molar-refractivity contribution in [1.29, 1.82) is 0 Å². The molecule has 0 radical (unpaired) electrons. The molecule has 1 amide bonds. The Bertz CT molecular complexity index is 631. The lowest BCUT2D eigenvalue weighted by atomic mass is 10.1. The quantitative estimate of drug-likeness (QED) is 0.857. The van der Waals surface area contributed by atoms with Gasteiger partial charge >= 0.3 is 0 Å². The summed E-state index contributed by atoms with van der Waals surface area (Å²) in [5.41, 5.74) is 6.92. The van der Waals surface area contributed by atoms with Crippen LogP contribution in [0.1, 0.15) is 10.4 Å². The van der Waals surface area contributed by atoms with Gasteiger partial charge in [-0.2, -0.15) is 0 Å². The number of nitrogens with two attached hydrogens (primary N) is 1. The molecule has 0 saturated carbocycles. The van der Waals surface area contributed by atoms with E-state index >= 15 is 0 Å². The lowest BCUT2D eigenvalue weighted by Gasteiger charge is -2.19. The minimum absolute atomic E-state index is 0.104.